The lowest BCUT2D eigenvalue weighted by Crippen LogP contribution is -2.07. The van der Waals surface area contributed by atoms with Crippen molar-refractivity contribution in [1.82, 2.24) is 28.7 Å². The molecule has 0 saturated heterocycles. The van der Waals surface area contributed by atoms with Gasteiger partial charge in [-0.05, 0) is 71.8 Å². The van der Waals surface area contributed by atoms with Crippen LogP contribution in [-0.2, 0) is 0 Å². The molecule has 0 spiro atoms. The predicted octanol–water partition coefficient (Wildman–Crippen LogP) is 16.5. The molecule has 7 heteroatoms. The van der Waals surface area contributed by atoms with Crippen LogP contribution < -0.4 is 0 Å². The average Bonchev–Trinajstić information content (AvgIpc) is 4.18. The number of para-hydroxylation sites is 3. The van der Waals surface area contributed by atoms with E-state index in [1.807, 2.05) is 18.2 Å². The molecular weight excluding hydrogens is 873 g/mol. The summed E-state index contributed by atoms with van der Waals surface area (Å²) in [6, 6.07) is 82.7. The van der Waals surface area contributed by atoms with E-state index in [4.69, 9.17) is 15.0 Å². The van der Waals surface area contributed by atoms with E-state index in [0.717, 1.165) is 82.7 Å². The van der Waals surface area contributed by atoms with Crippen LogP contribution in [-0.4, -0.2) is 28.7 Å². The molecule has 0 amide bonds. The topological polar surface area (TPSA) is 53.5 Å². The molecule has 5 heterocycles. The van der Waals surface area contributed by atoms with Crippen molar-refractivity contribution in [2.24, 2.45) is 0 Å². The van der Waals surface area contributed by atoms with E-state index < -0.39 is 0 Å². The molecule has 15 aromatic rings. The fourth-order valence-electron chi connectivity index (χ4n) is 11.1. The van der Waals surface area contributed by atoms with Crippen molar-refractivity contribution < 1.29 is 0 Å². The number of benzene rings is 10. The summed E-state index contributed by atoms with van der Waals surface area (Å²) in [4.78, 5) is 16.5. The second kappa shape index (κ2) is 15.2. The molecule has 0 saturated carbocycles. The second-order valence-corrected chi connectivity index (χ2v) is 19.0. The molecule has 0 unspecified atom stereocenters. The minimum Gasteiger partial charge on any atom is -0.309 e. The first-order valence-corrected chi connectivity index (χ1v) is 24.4. The van der Waals surface area contributed by atoms with Crippen LogP contribution in [0.2, 0.25) is 0 Å². The monoisotopic (exact) mass is 910 g/mol. The summed E-state index contributed by atoms with van der Waals surface area (Å²) >= 11 is 1.80. The second-order valence-electron chi connectivity index (χ2n) is 18.0. The number of aromatic nitrogens is 6. The molecule has 0 bridgehead atoms. The Morgan fingerprint density at radius 2 is 0.829 bits per heavy atom. The zero-order valence-electron chi connectivity index (χ0n) is 37.5. The van der Waals surface area contributed by atoms with Crippen LogP contribution in [0.1, 0.15) is 0 Å². The van der Waals surface area contributed by atoms with Gasteiger partial charge < -0.3 is 9.13 Å². The van der Waals surface area contributed by atoms with Gasteiger partial charge in [0.2, 0.25) is 5.95 Å². The van der Waals surface area contributed by atoms with Gasteiger partial charge in [-0.15, -0.1) is 11.3 Å². The fourth-order valence-corrected chi connectivity index (χ4v) is 12.2. The number of rotatable bonds is 6. The summed E-state index contributed by atoms with van der Waals surface area (Å²) in [7, 11) is 0. The van der Waals surface area contributed by atoms with E-state index in [-0.39, 0.29) is 0 Å². The minimum absolute atomic E-state index is 0.548. The van der Waals surface area contributed by atoms with E-state index in [1.54, 1.807) is 11.3 Å². The van der Waals surface area contributed by atoms with E-state index in [9.17, 15) is 0 Å². The van der Waals surface area contributed by atoms with Crippen LogP contribution in [0.5, 0.6) is 0 Å². The van der Waals surface area contributed by atoms with Crippen LogP contribution in [0.3, 0.4) is 0 Å². The summed E-state index contributed by atoms with van der Waals surface area (Å²) in [5.41, 5.74) is 12.9. The summed E-state index contributed by atoms with van der Waals surface area (Å²) in [5, 5.41) is 9.31. The third kappa shape index (κ3) is 5.76. The Bertz CT molecular complexity index is 4540. The lowest BCUT2D eigenvalue weighted by Gasteiger charge is -2.14. The summed E-state index contributed by atoms with van der Waals surface area (Å²) in [5.74, 6) is 1.78. The molecule has 70 heavy (non-hydrogen) atoms. The Morgan fingerprint density at radius 1 is 0.300 bits per heavy atom. The highest BCUT2D eigenvalue weighted by atomic mass is 32.1. The van der Waals surface area contributed by atoms with Gasteiger partial charge >= 0.3 is 0 Å². The molecule has 0 N–H and O–H groups in total. The van der Waals surface area contributed by atoms with Crippen molar-refractivity contribution in [1.29, 1.82) is 0 Å². The van der Waals surface area contributed by atoms with Gasteiger partial charge in [0.1, 0.15) is 0 Å². The predicted molar refractivity (Wildman–Crippen MR) is 292 cm³/mol. The van der Waals surface area contributed by atoms with Crippen LogP contribution >= 0.6 is 11.3 Å². The van der Waals surface area contributed by atoms with E-state index >= 15 is 0 Å². The number of nitrogens with zero attached hydrogens (tertiary/aromatic N) is 6. The summed E-state index contributed by atoms with van der Waals surface area (Å²) < 4.78 is 9.58. The van der Waals surface area contributed by atoms with Gasteiger partial charge in [-0.2, -0.15) is 9.97 Å². The van der Waals surface area contributed by atoms with Gasteiger partial charge in [0, 0.05) is 75.0 Å². The Hall–Kier alpha value is -9.17. The highest BCUT2D eigenvalue weighted by Gasteiger charge is 2.25. The molecule has 0 radical (unpaired) electrons. The first-order chi connectivity index (χ1) is 34.7. The van der Waals surface area contributed by atoms with E-state index in [1.165, 1.54) is 36.5 Å². The SMILES string of the molecule is c1ccc(-c2cccc(-n3c4ccccc4c4ccc5c6cc(-n7c8ccccc8c8ccccc87)ccc6n(-c6nc(-c7ccccc7)nc(-c7cccc8sc9ccccc9c78)n6)c5c43)c2)cc1. The van der Waals surface area contributed by atoms with Crippen molar-refractivity contribution in [3.63, 3.8) is 0 Å². The summed E-state index contributed by atoms with van der Waals surface area (Å²) in [6.07, 6.45) is 0. The van der Waals surface area contributed by atoms with Crippen molar-refractivity contribution in [3.8, 4) is 51.2 Å². The van der Waals surface area contributed by atoms with E-state index in [2.05, 4.69) is 226 Å². The lowest BCUT2D eigenvalue weighted by molar-refractivity contribution is 0.954. The minimum atomic E-state index is 0.548. The normalized spacial score (nSPS) is 12.0. The zero-order valence-corrected chi connectivity index (χ0v) is 38.3. The quantitative estimate of drug-likeness (QED) is 0.167. The molecule has 0 aliphatic heterocycles. The largest absolute Gasteiger partial charge is 0.309 e. The average molecular weight is 911 g/mol. The number of fused-ring (bicyclic) bond motifs is 13. The van der Waals surface area contributed by atoms with Crippen molar-refractivity contribution >= 4 is 96.9 Å². The van der Waals surface area contributed by atoms with Gasteiger partial charge in [0.05, 0.1) is 33.1 Å². The lowest BCUT2D eigenvalue weighted by atomic mass is 10.1. The molecule has 0 aliphatic carbocycles. The Balaban J connectivity index is 1.10. The van der Waals surface area contributed by atoms with Gasteiger partial charge in [0.15, 0.2) is 11.6 Å². The maximum absolute atomic E-state index is 5.61. The van der Waals surface area contributed by atoms with Gasteiger partial charge in [-0.3, -0.25) is 4.57 Å². The van der Waals surface area contributed by atoms with Gasteiger partial charge in [0.25, 0.3) is 0 Å². The Labute approximate surface area is 405 Å². The number of hydrogen-bond donors (Lipinski definition) is 0. The molecule has 10 aromatic carbocycles. The molecule has 0 aliphatic rings. The van der Waals surface area contributed by atoms with Gasteiger partial charge in [-0.1, -0.05) is 170 Å². The van der Waals surface area contributed by atoms with E-state index in [0.29, 0.717) is 17.6 Å². The number of hydrogen-bond acceptors (Lipinski definition) is 4. The summed E-state index contributed by atoms with van der Waals surface area (Å²) in [6.45, 7) is 0. The standard InChI is InChI=1S/C63H38N6S/c1-3-17-39(18-4-1)41-21-15-22-42(37-41)68-54-30-13-9-25-46(54)47-34-35-48-51-38-43(67-52-28-11-7-23-44(52)45-24-8-12-29-53(45)67)33-36-55(51)69(60(48)59(47)68)63-65-61(40-19-5-2-6-20-40)64-62(66-63)50-27-16-32-57-58(50)49-26-10-14-31-56(49)70-57/h1-38H. The highest BCUT2D eigenvalue weighted by Crippen LogP contribution is 2.44. The van der Waals surface area contributed by atoms with Crippen molar-refractivity contribution in [3.05, 3.63) is 231 Å². The Kier molecular flexibility index (Phi) is 8.43. The van der Waals surface area contributed by atoms with Crippen molar-refractivity contribution in [2.75, 3.05) is 0 Å². The molecule has 0 fully saturated rings. The van der Waals surface area contributed by atoms with Crippen LogP contribution in [0.4, 0.5) is 0 Å². The molecular formula is C63H38N6S. The van der Waals surface area contributed by atoms with Crippen LogP contribution in [0.15, 0.2) is 231 Å². The number of thiophene rings is 1. The highest BCUT2D eigenvalue weighted by molar-refractivity contribution is 7.25. The zero-order chi connectivity index (χ0) is 45.9. The first-order valence-electron chi connectivity index (χ1n) is 23.6. The third-order valence-electron chi connectivity index (χ3n) is 14.1. The maximum atomic E-state index is 5.61. The third-order valence-corrected chi connectivity index (χ3v) is 15.2. The first kappa shape index (κ1) is 38.9. The van der Waals surface area contributed by atoms with Crippen LogP contribution in [0, 0.1) is 0 Å². The van der Waals surface area contributed by atoms with Crippen molar-refractivity contribution in [2.45, 2.75) is 0 Å². The fraction of sp³-hybridized carbons (Fsp3) is 0. The smallest absolute Gasteiger partial charge is 0.238 e. The molecule has 6 nitrogen and oxygen atoms in total. The molecule has 0 atom stereocenters. The maximum Gasteiger partial charge on any atom is 0.238 e. The molecule has 326 valence electrons. The molecule has 15 rings (SSSR count). The molecule has 5 aromatic heterocycles. The van der Waals surface area contributed by atoms with Gasteiger partial charge in [-0.25, -0.2) is 4.98 Å². The Morgan fingerprint density at radius 3 is 1.57 bits per heavy atom. The van der Waals surface area contributed by atoms with Crippen LogP contribution in [0.25, 0.3) is 137 Å².